The van der Waals surface area contributed by atoms with E-state index in [0.717, 1.165) is 22.4 Å². The van der Waals surface area contributed by atoms with Crippen LogP contribution in [0.4, 0.5) is 4.39 Å². The second-order valence-corrected chi connectivity index (χ2v) is 8.58. The zero-order chi connectivity index (χ0) is 20.3. The average molecular weight is 400 g/mol. The second kappa shape index (κ2) is 8.88. The molecule has 3 aromatic rings. The molecule has 0 aliphatic rings. The number of hydrogen-bond donors (Lipinski definition) is 1. The van der Waals surface area contributed by atoms with Crippen LogP contribution < -0.4 is 4.90 Å². The molecule has 0 saturated carbocycles. The van der Waals surface area contributed by atoms with Crippen molar-refractivity contribution in [2.45, 2.75) is 43.6 Å². The molecule has 28 heavy (non-hydrogen) atoms. The maximum absolute atomic E-state index is 13.4. The molecule has 0 radical (unpaired) electrons. The van der Waals surface area contributed by atoms with Gasteiger partial charge in [-0.1, -0.05) is 49.9 Å². The number of rotatable bonds is 7. The molecule has 0 saturated heterocycles. The number of thioether (sulfide) groups is 1. The highest BCUT2D eigenvalue weighted by molar-refractivity contribution is 7.98. The molecule has 1 N–H and O–H groups in total. The van der Waals surface area contributed by atoms with Gasteiger partial charge in [-0.2, -0.15) is 0 Å². The van der Waals surface area contributed by atoms with Crippen LogP contribution >= 0.6 is 11.8 Å². The maximum Gasteiger partial charge on any atom is 0.196 e. The number of benzene rings is 2. The average Bonchev–Trinajstić information content (AvgIpc) is 3.10. The fraction of sp³-hybridized carbons (Fsp3) is 0.364. The van der Waals surface area contributed by atoms with Crippen molar-refractivity contribution in [3.63, 3.8) is 0 Å². The van der Waals surface area contributed by atoms with E-state index >= 15 is 0 Å². The Labute approximate surface area is 170 Å². The van der Waals surface area contributed by atoms with E-state index in [1.165, 1.54) is 28.2 Å². The molecule has 3 rings (SSSR count). The van der Waals surface area contributed by atoms with Gasteiger partial charge in [0.05, 0.1) is 14.1 Å². The Balaban J connectivity index is 1.88. The van der Waals surface area contributed by atoms with E-state index in [1.807, 2.05) is 4.57 Å². The molecular formula is C22H28FN4S+. The van der Waals surface area contributed by atoms with Gasteiger partial charge < -0.3 is 4.90 Å². The lowest BCUT2D eigenvalue weighted by atomic mass is 10.0. The molecule has 148 valence electrons. The summed E-state index contributed by atoms with van der Waals surface area (Å²) in [5, 5.41) is 9.73. The van der Waals surface area contributed by atoms with Gasteiger partial charge >= 0.3 is 0 Å². The Morgan fingerprint density at radius 1 is 0.964 bits per heavy atom. The highest BCUT2D eigenvalue weighted by atomic mass is 32.2. The van der Waals surface area contributed by atoms with Crippen molar-refractivity contribution < 1.29 is 9.29 Å². The van der Waals surface area contributed by atoms with Crippen LogP contribution in [0.5, 0.6) is 0 Å². The predicted molar refractivity (Wildman–Crippen MR) is 113 cm³/mol. The maximum atomic E-state index is 13.4. The summed E-state index contributed by atoms with van der Waals surface area (Å²) in [4.78, 5) is 1.26. The van der Waals surface area contributed by atoms with E-state index < -0.39 is 0 Å². The van der Waals surface area contributed by atoms with E-state index in [9.17, 15) is 4.39 Å². The quantitative estimate of drug-likeness (QED) is 0.609. The molecule has 1 aromatic heterocycles. The number of hydrogen-bond acceptors (Lipinski definition) is 3. The molecule has 0 aliphatic carbocycles. The van der Waals surface area contributed by atoms with Gasteiger partial charge in [0.1, 0.15) is 11.9 Å². The van der Waals surface area contributed by atoms with E-state index in [1.54, 1.807) is 23.9 Å². The molecule has 0 unspecified atom stereocenters. The summed E-state index contributed by atoms with van der Waals surface area (Å²) in [5.41, 5.74) is 3.47. The topological polar surface area (TPSA) is 35.2 Å². The molecule has 1 atom stereocenters. The smallest absolute Gasteiger partial charge is 0.196 e. The van der Waals surface area contributed by atoms with Crippen molar-refractivity contribution >= 4 is 11.8 Å². The van der Waals surface area contributed by atoms with Crippen LogP contribution in [0.15, 0.2) is 53.7 Å². The summed E-state index contributed by atoms with van der Waals surface area (Å²) in [6.07, 6.45) is 0. The fourth-order valence-electron chi connectivity index (χ4n) is 2.89. The normalized spacial score (nSPS) is 12.7. The van der Waals surface area contributed by atoms with Crippen molar-refractivity contribution in [3.05, 3.63) is 71.3 Å². The van der Waals surface area contributed by atoms with Crippen LogP contribution in [-0.2, 0) is 5.75 Å². The van der Waals surface area contributed by atoms with E-state index in [2.05, 4.69) is 69.3 Å². The molecule has 2 aromatic carbocycles. The molecule has 0 amide bonds. The predicted octanol–water partition coefficient (Wildman–Crippen LogP) is 4.03. The third-order valence-corrected chi connectivity index (χ3v) is 6.01. The zero-order valence-corrected chi connectivity index (χ0v) is 17.9. The zero-order valence-electron chi connectivity index (χ0n) is 17.1. The van der Waals surface area contributed by atoms with Gasteiger partial charge in [0.25, 0.3) is 0 Å². The van der Waals surface area contributed by atoms with Gasteiger partial charge in [0.2, 0.25) is 0 Å². The van der Waals surface area contributed by atoms with E-state index in [0.29, 0.717) is 5.92 Å². The molecule has 0 spiro atoms. The van der Waals surface area contributed by atoms with Crippen molar-refractivity contribution in [2.24, 2.45) is 0 Å². The summed E-state index contributed by atoms with van der Waals surface area (Å²) < 4.78 is 15.5. The number of halogens is 1. The lowest BCUT2D eigenvalue weighted by Crippen LogP contribution is -3.05. The third-order valence-electron chi connectivity index (χ3n) is 5.01. The summed E-state index contributed by atoms with van der Waals surface area (Å²) in [5.74, 6) is 1.97. The molecular weight excluding hydrogens is 371 g/mol. The summed E-state index contributed by atoms with van der Waals surface area (Å²) in [6.45, 7) is 6.52. The van der Waals surface area contributed by atoms with E-state index in [4.69, 9.17) is 0 Å². The largest absolute Gasteiger partial charge is 0.331 e. The summed E-state index contributed by atoms with van der Waals surface area (Å²) >= 11 is 1.65. The monoisotopic (exact) mass is 399 g/mol. The van der Waals surface area contributed by atoms with E-state index in [-0.39, 0.29) is 11.9 Å². The van der Waals surface area contributed by atoms with Gasteiger partial charge in [0.15, 0.2) is 11.0 Å². The number of nitrogens with zero attached hydrogens (tertiary/aromatic N) is 3. The molecule has 0 aliphatic heterocycles. The SMILES string of the molecule is CC(C)c1ccc(CSc2nnc([C@@H](C)[NH+](C)C)n2-c2ccc(F)cc2)cc1. The Hall–Kier alpha value is -2.18. The minimum Gasteiger partial charge on any atom is -0.331 e. The van der Waals surface area contributed by atoms with Gasteiger partial charge in [0, 0.05) is 11.4 Å². The molecule has 1 heterocycles. The van der Waals surface area contributed by atoms with Crippen LogP contribution in [0.2, 0.25) is 0 Å². The first-order chi connectivity index (χ1) is 13.4. The van der Waals surface area contributed by atoms with Crippen molar-refractivity contribution in [1.29, 1.82) is 0 Å². The van der Waals surface area contributed by atoms with Crippen molar-refractivity contribution in [1.82, 2.24) is 14.8 Å². The standard InChI is InChI=1S/C22H27FN4S/c1-15(2)18-8-6-17(7-9-18)14-28-22-25-24-21(16(3)26(4)5)27(22)20-12-10-19(23)11-13-20/h6-13,15-16H,14H2,1-5H3/p+1/t16-/m1/s1. The van der Waals surface area contributed by atoms with Crippen LogP contribution in [0, 0.1) is 5.82 Å². The molecule has 0 fully saturated rings. The number of nitrogens with one attached hydrogen (secondary N) is 1. The Kier molecular flexibility index (Phi) is 6.52. The fourth-order valence-corrected chi connectivity index (χ4v) is 3.81. The lowest BCUT2D eigenvalue weighted by Gasteiger charge is -2.18. The van der Waals surface area contributed by atoms with Crippen LogP contribution in [-0.4, -0.2) is 28.9 Å². The molecule has 4 nitrogen and oxygen atoms in total. The van der Waals surface area contributed by atoms with Crippen LogP contribution in [0.25, 0.3) is 5.69 Å². The summed E-state index contributed by atoms with van der Waals surface area (Å²) in [6, 6.07) is 15.4. The van der Waals surface area contributed by atoms with Gasteiger partial charge in [-0.05, 0) is 48.2 Å². The minimum absolute atomic E-state index is 0.164. The molecule has 6 heteroatoms. The number of quaternary nitrogens is 1. The third kappa shape index (κ3) is 4.62. The van der Waals surface area contributed by atoms with Crippen molar-refractivity contribution in [2.75, 3.05) is 14.1 Å². The lowest BCUT2D eigenvalue weighted by molar-refractivity contribution is -0.890. The first-order valence-electron chi connectivity index (χ1n) is 9.59. The first-order valence-corrected chi connectivity index (χ1v) is 10.6. The van der Waals surface area contributed by atoms with Gasteiger partial charge in [-0.15, -0.1) is 10.2 Å². The second-order valence-electron chi connectivity index (χ2n) is 7.64. The molecule has 0 bridgehead atoms. The first kappa shape index (κ1) is 20.6. The Bertz CT molecular complexity index is 901. The summed E-state index contributed by atoms with van der Waals surface area (Å²) in [7, 11) is 4.19. The van der Waals surface area contributed by atoms with Gasteiger partial charge in [-0.3, -0.25) is 4.57 Å². The van der Waals surface area contributed by atoms with Crippen LogP contribution in [0.3, 0.4) is 0 Å². The van der Waals surface area contributed by atoms with Gasteiger partial charge in [-0.25, -0.2) is 4.39 Å². The Morgan fingerprint density at radius 3 is 2.18 bits per heavy atom. The number of aromatic nitrogens is 3. The van der Waals surface area contributed by atoms with Crippen molar-refractivity contribution in [3.8, 4) is 5.69 Å². The van der Waals surface area contributed by atoms with Crippen LogP contribution in [0.1, 0.15) is 49.7 Å². The minimum atomic E-state index is -0.246. The highest BCUT2D eigenvalue weighted by Gasteiger charge is 2.23. The Morgan fingerprint density at radius 2 is 1.61 bits per heavy atom. The highest BCUT2D eigenvalue weighted by Crippen LogP contribution is 2.27.